The van der Waals surface area contributed by atoms with Crippen molar-refractivity contribution >= 4 is 33.5 Å². The van der Waals surface area contributed by atoms with Crippen molar-refractivity contribution in [2.24, 2.45) is 7.05 Å². The molecule has 0 saturated carbocycles. The summed E-state index contributed by atoms with van der Waals surface area (Å²) < 4.78 is 2.23. The minimum absolute atomic E-state index is 0.0266. The summed E-state index contributed by atoms with van der Waals surface area (Å²) in [5.41, 5.74) is 0.600. The van der Waals surface area contributed by atoms with E-state index in [9.17, 15) is 9.59 Å². The van der Waals surface area contributed by atoms with Crippen LogP contribution in [0.2, 0.25) is 0 Å². The molecule has 2 rings (SSSR count). The topological polar surface area (TPSA) is 84.2 Å². The van der Waals surface area contributed by atoms with Gasteiger partial charge in [-0.1, -0.05) is 15.9 Å². The number of benzene rings is 1. The van der Waals surface area contributed by atoms with Gasteiger partial charge in [0.15, 0.2) is 0 Å². The van der Waals surface area contributed by atoms with Crippen LogP contribution >= 0.6 is 15.9 Å². The Morgan fingerprint density at radius 1 is 1.42 bits per heavy atom. The summed E-state index contributed by atoms with van der Waals surface area (Å²) in [5, 5.41) is 11.6. The molecule has 0 radical (unpaired) electrons. The molecular formula is C12H10BrN3O3. The van der Waals surface area contributed by atoms with Crippen molar-refractivity contribution in [1.29, 1.82) is 0 Å². The number of anilines is 1. The van der Waals surface area contributed by atoms with Gasteiger partial charge in [0.2, 0.25) is 0 Å². The summed E-state index contributed by atoms with van der Waals surface area (Å²) in [6.07, 6.45) is 2.90. The average Bonchev–Trinajstić information content (AvgIpc) is 2.75. The Morgan fingerprint density at radius 2 is 2.16 bits per heavy atom. The first-order chi connectivity index (χ1) is 8.99. The highest BCUT2D eigenvalue weighted by molar-refractivity contribution is 9.10. The lowest BCUT2D eigenvalue weighted by Crippen LogP contribution is -2.17. The Bertz CT molecular complexity index is 651. The van der Waals surface area contributed by atoms with Crippen molar-refractivity contribution in [2.75, 3.05) is 5.32 Å². The van der Waals surface area contributed by atoms with Crippen LogP contribution in [0, 0.1) is 0 Å². The third kappa shape index (κ3) is 2.82. The number of carboxylic acid groups (broad SMARTS) is 1. The minimum Gasteiger partial charge on any atom is -0.478 e. The number of halogens is 1. The van der Waals surface area contributed by atoms with Crippen molar-refractivity contribution in [2.45, 2.75) is 0 Å². The monoisotopic (exact) mass is 323 g/mol. The standard InChI is InChI=1S/C12H10BrN3O3/c1-16-6-14-5-10(16)11(17)15-9-4-7(13)2-3-8(9)12(18)19/h2-6H,1H3,(H,15,17)(H,18,19). The third-order valence-corrected chi connectivity index (χ3v) is 3.00. The molecule has 98 valence electrons. The van der Waals surface area contributed by atoms with Crippen molar-refractivity contribution in [3.8, 4) is 0 Å². The zero-order valence-electron chi connectivity index (χ0n) is 9.92. The average molecular weight is 324 g/mol. The number of hydrogen-bond donors (Lipinski definition) is 2. The number of aromatic nitrogens is 2. The van der Waals surface area contributed by atoms with E-state index in [4.69, 9.17) is 5.11 Å². The van der Waals surface area contributed by atoms with Crippen LogP contribution in [0.4, 0.5) is 5.69 Å². The van der Waals surface area contributed by atoms with Crippen LogP contribution in [0.5, 0.6) is 0 Å². The molecule has 1 amide bonds. The first kappa shape index (κ1) is 13.3. The first-order valence-electron chi connectivity index (χ1n) is 5.29. The van der Waals surface area contributed by atoms with Crippen LogP contribution in [-0.2, 0) is 7.05 Å². The number of nitrogens with one attached hydrogen (secondary N) is 1. The fourth-order valence-electron chi connectivity index (χ4n) is 1.57. The molecular weight excluding hydrogens is 314 g/mol. The molecule has 0 atom stereocenters. The third-order valence-electron chi connectivity index (χ3n) is 2.51. The van der Waals surface area contributed by atoms with Gasteiger partial charge in [-0.15, -0.1) is 0 Å². The Balaban J connectivity index is 2.33. The maximum absolute atomic E-state index is 12.0. The van der Waals surface area contributed by atoms with Crippen molar-refractivity contribution in [1.82, 2.24) is 9.55 Å². The lowest BCUT2D eigenvalue weighted by atomic mass is 10.2. The van der Waals surface area contributed by atoms with Gasteiger partial charge in [-0.2, -0.15) is 0 Å². The van der Waals surface area contributed by atoms with E-state index in [1.807, 2.05) is 0 Å². The van der Waals surface area contributed by atoms with Gasteiger partial charge in [0.05, 0.1) is 23.8 Å². The zero-order valence-corrected chi connectivity index (χ0v) is 11.5. The molecule has 1 aromatic heterocycles. The van der Waals surface area contributed by atoms with Crippen LogP contribution in [0.1, 0.15) is 20.8 Å². The van der Waals surface area contributed by atoms with Crippen LogP contribution in [0.3, 0.4) is 0 Å². The largest absolute Gasteiger partial charge is 0.478 e. The molecule has 0 saturated heterocycles. The molecule has 19 heavy (non-hydrogen) atoms. The molecule has 1 aromatic carbocycles. The normalized spacial score (nSPS) is 10.2. The molecule has 0 aliphatic heterocycles. The number of rotatable bonds is 3. The van der Waals surface area contributed by atoms with E-state index in [0.717, 1.165) is 0 Å². The van der Waals surface area contributed by atoms with E-state index < -0.39 is 11.9 Å². The number of imidazole rings is 1. The van der Waals surface area contributed by atoms with E-state index in [0.29, 0.717) is 10.2 Å². The Labute approximate surface area is 117 Å². The van der Waals surface area contributed by atoms with Gasteiger partial charge in [0.25, 0.3) is 5.91 Å². The number of nitrogens with zero attached hydrogens (tertiary/aromatic N) is 2. The molecule has 6 nitrogen and oxygen atoms in total. The van der Waals surface area contributed by atoms with Crippen molar-refractivity contribution < 1.29 is 14.7 Å². The highest BCUT2D eigenvalue weighted by Crippen LogP contribution is 2.22. The molecule has 0 bridgehead atoms. The van der Waals surface area contributed by atoms with Gasteiger partial charge >= 0.3 is 5.97 Å². The summed E-state index contributed by atoms with van der Waals surface area (Å²) in [7, 11) is 1.68. The highest BCUT2D eigenvalue weighted by atomic mass is 79.9. The zero-order chi connectivity index (χ0) is 14.0. The van der Waals surface area contributed by atoms with E-state index >= 15 is 0 Å². The number of carbonyl (C=O) groups excluding carboxylic acids is 1. The number of carboxylic acids is 1. The van der Waals surface area contributed by atoms with E-state index in [1.165, 1.54) is 24.7 Å². The number of carbonyl (C=O) groups is 2. The van der Waals surface area contributed by atoms with Gasteiger partial charge < -0.3 is 15.0 Å². The predicted octanol–water partition coefficient (Wildman–Crippen LogP) is 2.13. The number of aryl methyl sites for hydroxylation is 1. The SMILES string of the molecule is Cn1cncc1C(=O)Nc1cc(Br)ccc1C(=O)O. The molecule has 2 aromatic rings. The highest BCUT2D eigenvalue weighted by Gasteiger charge is 2.15. The Morgan fingerprint density at radius 3 is 2.74 bits per heavy atom. The number of aromatic carboxylic acids is 1. The number of hydrogen-bond acceptors (Lipinski definition) is 3. The van der Waals surface area contributed by atoms with Crippen LogP contribution in [-0.4, -0.2) is 26.5 Å². The summed E-state index contributed by atoms with van der Waals surface area (Å²) >= 11 is 3.24. The van der Waals surface area contributed by atoms with E-state index in [1.54, 1.807) is 17.7 Å². The molecule has 0 unspecified atom stereocenters. The molecule has 0 fully saturated rings. The van der Waals surface area contributed by atoms with Gasteiger partial charge in [-0.3, -0.25) is 4.79 Å². The lowest BCUT2D eigenvalue weighted by Gasteiger charge is -2.09. The van der Waals surface area contributed by atoms with Gasteiger partial charge in [0, 0.05) is 11.5 Å². The fourth-order valence-corrected chi connectivity index (χ4v) is 1.93. The summed E-state index contributed by atoms with van der Waals surface area (Å²) in [4.78, 5) is 26.9. The second-order valence-electron chi connectivity index (χ2n) is 3.84. The van der Waals surface area contributed by atoms with Crippen molar-refractivity contribution in [3.63, 3.8) is 0 Å². The molecule has 7 heteroatoms. The molecule has 1 heterocycles. The Kier molecular flexibility index (Phi) is 3.66. The van der Waals surface area contributed by atoms with E-state index in [2.05, 4.69) is 26.2 Å². The maximum Gasteiger partial charge on any atom is 0.337 e. The lowest BCUT2D eigenvalue weighted by molar-refractivity contribution is 0.0698. The molecule has 0 aliphatic rings. The summed E-state index contributed by atoms with van der Waals surface area (Å²) in [6.45, 7) is 0. The number of amides is 1. The van der Waals surface area contributed by atoms with Gasteiger partial charge in [-0.05, 0) is 18.2 Å². The minimum atomic E-state index is -1.10. The summed E-state index contributed by atoms with van der Waals surface area (Å²) in [5.74, 6) is -1.52. The van der Waals surface area contributed by atoms with Crippen molar-refractivity contribution in [3.05, 3.63) is 46.5 Å². The molecule has 0 spiro atoms. The Hall–Kier alpha value is -2.15. The smallest absolute Gasteiger partial charge is 0.337 e. The first-order valence-corrected chi connectivity index (χ1v) is 6.09. The van der Waals surface area contributed by atoms with Crippen LogP contribution in [0.15, 0.2) is 35.2 Å². The summed E-state index contributed by atoms with van der Waals surface area (Å²) in [6, 6.07) is 4.56. The second-order valence-corrected chi connectivity index (χ2v) is 4.75. The van der Waals surface area contributed by atoms with E-state index in [-0.39, 0.29) is 11.3 Å². The molecule has 2 N–H and O–H groups in total. The van der Waals surface area contributed by atoms with Crippen LogP contribution in [0.25, 0.3) is 0 Å². The molecule has 0 aliphatic carbocycles. The van der Waals surface area contributed by atoms with Gasteiger partial charge in [-0.25, -0.2) is 9.78 Å². The quantitative estimate of drug-likeness (QED) is 0.906. The second kappa shape index (κ2) is 5.23. The fraction of sp³-hybridized carbons (Fsp3) is 0.0833. The van der Waals surface area contributed by atoms with Crippen LogP contribution < -0.4 is 5.32 Å². The predicted molar refractivity (Wildman–Crippen MR) is 72.3 cm³/mol. The maximum atomic E-state index is 12.0. The van der Waals surface area contributed by atoms with Gasteiger partial charge in [0.1, 0.15) is 5.69 Å².